The van der Waals surface area contributed by atoms with Crippen molar-refractivity contribution in [1.29, 1.82) is 0 Å². The second-order valence-corrected chi connectivity index (χ2v) is 6.09. The van der Waals surface area contributed by atoms with E-state index in [4.69, 9.17) is 0 Å². The number of nitrogens with zero attached hydrogens (tertiary/aromatic N) is 1. The number of likely N-dealkylation sites (tertiary alicyclic amines) is 1. The molecule has 1 atom stereocenters. The lowest BCUT2D eigenvalue weighted by atomic mass is 9.99. The molecule has 0 spiro atoms. The molecule has 1 N–H and O–H groups in total. The van der Waals surface area contributed by atoms with Gasteiger partial charge >= 0.3 is 0 Å². The third-order valence-corrected chi connectivity index (χ3v) is 4.42. The monoisotopic (exact) mass is 281 g/mol. The fraction of sp³-hybridized carbons (Fsp3) is 0.368. The molecule has 1 saturated heterocycles. The van der Waals surface area contributed by atoms with Crippen molar-refractivity contribution in [2.45, 2.75) is 19.9 Å². The van der Waals surface area contributed by atoms with Crippen LogP contribution in [0.2, 0.25) is 0 Å². The van der Waals surface area contributed by atoms with E-state index in [9.17, 15) is 5.11 Å². The molecule has 1 aliphatic rings. The topological polar surface area (TPSA) is 23.5 Å². The van der Waals surface area contributed by atoms with Gasteiger partial charge in [0.15, 0.2) is 0 Å². The van der Waals surface area contributed by atoms with Gasteiger partial charge < -0.3 is 5.11 Å². The smallest absolute Gasteiger partial charge is 0.0471 e. The Morgan fingerprint density at radius 1 is 1.14 bits per heavy atom. The molecule has 1 unspecified atom stereocenters. The summed E-state index contributed by atoms with van der Waals surface area (Å²) in [5, 5.41) is 9.25. The summed E-state index contributed by atoms with van der Waals surface area (Å²) in [7, 11) is 0. The van der Waals surface area contributed by atoms with E-state index >= 15 is 0 Å². The Morgan fingerprint density at radius 3 is 2.76 bits per heavy atom. The molecule has 110 valence electrons. The van der Waals surface area contributed by atoms with E-state index in [-0.39, 0.29) is 0 Å². The highest BCUT2D eigenvalue weighted by Gasteiger charge is 2.21. The van der Waals surface area contributed by atoms with Gasteiger partial charge in [-0.15, -0.1) is 0 Å². The molecule has 2 aromatic carbocycles. The summed E-state index contributed by atoms with van der Waals surface area (Å²) in [6.45, 7) is 5.58. The molecule has 2 nitrogen and oxygen atoms in total. The Hall–Kier alpha value is -1.64. The summed E-state index contributed by atoms with van der Waals surface area (Å²) in [6.07, 6.45) is 1.12. The van der Waals surface area contributed by atoms with Crippen molar-refractivity contribution in [2.75, 3.05) is 19.7 Å². The van der Waals surface area contributed by atoms with Crippen LogP contribution in [-0.4, -0.2) is 29.7 Å². The van der Waals surface area contributed by atoms with Gasteiger partial charge in [-0.3, -0.25) is 4.90 Å². The molecular weight excluding hydrogens is 258 g/mol. The van der Waals surface area contributed by atoms with Crippen LogP contribution in [0.15, 0.2) is 48.5 Å². The summed E-state index contributed by atoms with van der Waals surface area (Å²) in [5.41, 5.74) is 5.28. The first-order valence-corrected chi connectivity index (χ1v) is 7.74. The van der Waals surface area contributed by atoms with Gasteiger partial charge in [0.25, 0.3) is 0 Å². The van der Waals surface area contributed by atoms with E-state index in [0.717, 1.165) is 26.1 Å². The lowest BCUT2D eigenvalue weighted by Gasteiger charge is -2.16. The van der Waals surface area contributed by atoms with Gasteiger partial charge in [-0.25, -0.2) is 0 Å². The Morgan fingerprint density at radius 2 is 2.00 bits per heavy atom. The second kappa shape index (κ2) is 6.42. The molecule has 0 aliphatic carbocycles. The van der Waals surface area contributed by atoms with Crippen LogP contribution in [0.5, 0.6) is 0 Å². The predicted molar refractivity (Wildman–Crippen MR) is 87.1 cm³/mol. The van der Waals surface area contributed by atoms with E-state index < -0.39 is 0 Å². The van der Waals surface area contributed by atoms with Gasteiger partial charge in [-0.1, -0.05) is 42.5 Å². The second-order valence-electron chi connectivity index (χ2n) is 6.09. The number of aliphatic hydroxyl groups excluding tert-OH is 1. The van der Waals surface area contributed by atoms with E-state index in [2.05, 4.69) is 60.4 Å². The number of aliphatic hydroxyl groups is 1. The van der Waals surface area contributed by atoms with Crippen molar-refractivity contribution in [3.05, 3.63) is 59.7 Å². The van der Waals surface area contributed by atoms with Gasteiger partial charge in [0, 0.05) is 19.7 Å². The van der Waals surface area contributed by atoms with Crippen molar-refractivity contribution in [2.24, 2.45) is 5.92 Å². The highest BCUT2D eigenvalue weighted by molar-refractivity contribution is 5.67. The van der Waals surface area contributed by atoms with E-state index in [1.54, 1.807) is 0 Å². The largest absolute Gasteiger partial charge is 0.396 e. The van der Waals surface area contributed by atoms with Crippen LogP contribution in [-0.2, 0) is 6.54 Å². The predicted octanol–water partition coefficient (Wildman–Crippen LogP) is 3.48. The fourth-order valence-corrected chi connectivity index (χ4v) is 3.20. The molecule has 2 aromatic rings. The SMILES string of the molecule is Cc1ccccc1-c1cccc(CN2CCC(CO)C2)c1. The molecule has 0 amide bonds. The highest BCUT2D eigenvalue weighted by Crippen LogP contribution is 2.25. The van der Waals surface area contributed by atoms with Crippen LogP contribution in [0.25, 0.3) is 11.1 Å². The standard InChI is InChI=1S/C19H23NO/c1-15-5-2-3-8-19(15)18-7-4-6-16(11-18)12-20-10-9-17(13-20)14-21/h2-8,11,17,21H,9-10,12-14H2,1H3. The van der Waals surface area contributed by atoms with Crippen molar-refractivity contribution < 1.29 is 5.11 Å². The Bertz CT molecular complexity index is 608. The van der Waals surface area contributed by atoms with Crippen molar-refractivity contribution in [3.63, 3.8) is 0 Å². The zero-order chi connectivity index (χ0) is 14.7. The van der Waals surface area contributed by atoms with Crippen LogP contribution in [0.3, 0.4) is 0 Å². The lowest BCUT2D eigenvalue weighted by molar-refractivity contribution is 0.220. The molecule has 1 aliphatic heterocycles. The van der Waals surface area contributed by atoms with E-state index in [1.165, 1.54) is 22.3 Å². The Labute approximate surface area is 127 Å². The summed E-state index contributed by atoms with van der Waals surface area (Å²) >= 11 is 0. The van der Waals surface area contributed by atoms with Crippen LogP contribution < -0.4 is 0 Å². The number of benzene rings is 2. The number of aryl methyl sites for hydroxylation is 1. The zero-order valence-electron chi connectivity index (χ0n) is 12.6. The van der Waals surface area contributed by atoms with Gasteiger partial charge in [-0.2, -0.15) is 0 Å². The van der Waals surface area contributed by atoms with Gasteiger partial charge in [-0.05, 0) is 54.1 Å². The third-order valence-electron chi connectivity index (χ3n) is 4.42. The number of hydrogen-bond donors (Lipinski definition) is 1. The van der Waals surface area contributed by atoms with Crippen molar-refractivity contribution in [1.82, 2.24) is 4.90 Å². The van der Waals surface area contributed by atoms with Crippen molar-refractivity contribution >= 4 is 0 Å². The highest BCUT2D eigenvalue weighted by atomic mass is 16.3. The maximum absolute atomic E-state index is 9.25. The number of rotatable bonds is 4. The quantitative estimate of drug-likeness (QED) is 0.927. The van der Waals surface area contributed by atoms with Crippen LogP contribution in [0.4, 0.5) is 0 Å². The molecule has 3 rings (SSSR count). The maximum atomic E-state index is 9.25. The van der Waals surface area contributed by atoms with Crippen LogP contribution in [0, 0.1) is 12.8 Å². The Kier molecular flexibility index (Phi) is 4.37. The average Bonchev–Trinajstić information content (AvgIpc) is 2.96. The summed E-state index contributed by atoms with van der Waals surface area (Å²) in [6, 6.07) is 17.4. The minimum absolute atomic E-state index is 0.319. The van der Waals surface area contributed by atoms with Gasteiger partial charge in [0.05, 0.1) is 0 Å². The fourth-order valence-electron chi connectivity index (χ4n) is 3.20. The third kappa shape index (κ3) is 3.34. The molecule has 21 heavy (non-hydrogen) atoms. The summed E-state index contributed by atoms with van der Waals surface area (Å²) in [5.74, 6) is 0.463. The minimum atomic E-state index is 0.319. The van der Waals surface area contributed by atoms with Crippen LogP contribution in [0.1, 0.15) is 17.5 Å². The van der Waals surface area contributed by atoms with Gasteiger partial charge in [0.2, 0.25) is 0 Å². The molecule has 0 bridgehead atoms. The molecule has 1 fully saturated rings. The lowest BCUT2D eigenvalue weighted by Crippen LogP contribution is -2.20. The van der Waals surface area contributed by atoms with E-state index in [0.29, 0.717) is 12.5 Å². The maximum Gasteiger partial charge on any atom is 0.0471 e. The van der Waals surface area contributed by atoms with Crippen LogP contribution >= 0.6 is 0 Å². The summed E-state index contributed by atoms with van der Waals surface area (Å²) < 4.78 is 0. The normalized spacial score (nSPS) is 19.0. The first kappa shape index (κ1) is 14.3. The van der Waals surface area contributed by atoms with E-state index in [1.807, 2.05) is 0 Å². The Balaban J connectivity index is 1.76. The molecule has 0 aromatic heterocycles. The molecule has 0 radical (unpaired) electrons. The molecule has 0 saturated carbocycles. The zero-order valence-corrected chi connectivity index (χ0v) is 12.6. The van der Waals surface area contributed by atoms with Gasteiger partial charge in [0.1, 0.15) is 0 Å². The minimum Gasteiger partial charge on any atom is -0.396 e. The molecule has 2 heteroatoms. The first-order chi connectivity index (χ1) is 10.3. The van der Waals surface area contributed by atoms with Crippen molar-refractivity contribution in [3.8, 4) is 11.1 Å². The number of hydrogen-bond acceptors (Lipinski definition) is 2. The molecular formula is C19H23NO. The average molecular weight is 281 g/mol. The first-order valence-electron chi connectivity index (χ1n) is 7.74. The molecule has 1 heterocycles. The summed E-state index contributed by atoms with van der Waals surface area (Å²) in [4.78, 5) is 2.44.